The molecule has 0 aromatic heterocycles. The number of piperidine rings is 1. The van der Waals surface area contributed by atoms with Gasteiger partial charge in [-0.1, -0.05) is 0 Å². The van der Waals surface area contributed by atoms with Crippen molar-refractivity contribution in [3.63, 3.8) is 0 Å². The third-order valence-corrected chi connectivity index (χ3v) is 2.39. The molecule has 0 aliphatic carbocycles. The van der Waals surface area contributed by atoms with Crippen LogP contribution in [0.4, 0.5) is 0 Å². The van der Waals surface area contributed by atoms with Crippen molar-refractivity contribution in [1.82, 2.24) is 4.31 Å². The average molecular weight is 163 g/mol. The molecule has 1 rings (SSSR count). The lowest BCUT2D eigenvalue weighted by molar-refractivity contribution is -0.120. The molecule has 58 valence electrons. The minimum absolute atomic E-state index is 0.160. The van der Waals surface area contributed by atoms with Crippen LogP contribution in [0.15, 0.2) is 0 Å². The third-order valence-electron chi connectivity index (χ3n) is 1.53. The van der Waals surface area contributed by atoms with Crippen molar-refractivity contribution < 1.29 is 13.2 Å². The van der Waals surface area contributed by atoms with E-state index >= 15 is 0 Å². The molecule has 0 unspecified atom stereocenters. The molecule has 5 heteroatoms. The highest BCUT2D eigenvalue weighted by atomic mass is 32.2. The van der Waals surface area contributed by atoms with E-state index in [1.807, 2.05) is 0 Å². The Balaban J connectivity index is 2.47. The average Bonchev–Trinajstić information content (AvgIpc) is 1.88. The molecule has 0 aromatic rings. The number of hydrogen-bond donors (Lipinski definition) is 1. The highest BCUT2D eigenvalue weighted by molar-refractivity contribution is 7.69. The molecule has 0 atom stereocenters. The fourth-order valence-electron chi connectivity index (χ4n) is 0.908. The topological polar surface area (TPSA) is 54.5 Å². The highest BCUT2D eigenvalue weighted by Crippen LogP contribution is 2.04. The van der Waals surface area contributed by atoms with Gasteiger partial charge in [-0.3, -0.25) is 4.79 Å². The molecule has 0 aromatic carbocycles. The maximum Gasteiger partial charge on any atom is 0.203 e. The van der Waals surface area contributed by atoms with Crippen molar-refractivity contribution in [2.24, 2.45) is 0 Å². The molecule has 0 bridgehead atoms. The van der Waals surface area contributed by atoms with Gasteiger partial charge in [-0.05, 0) is 0 Å². The number of carbonyl (C=O) groups excluding carboxylic acids is 1. The Bertz CT molecular complexity index is 193. The van der Waals surface area contributed by atoms with E-state index in [2.05, 4.69) is 0 Å². The summed E-state index contributed by atoms with van der Waals surface area (Å²) < 4.78 is 21.9. The Kier molecular flexibility index (Phi) is 2.39. The summed E-state index contributed by atoms with van der Waals surface area (Å²) >= 11 is 0. The van der Waals surface area contributed by atoms with Crippen LogP contribution in [0, 0.1) is 0 Å². The van der Waals surface area contributed by atoms with Gasteiger partial charge in [0.1, 0.15) is 5.78 Å². The first-order chi connectivity index (χ1) is 4.70. The van der Waals surface area contributed by atoms with Crippen molar-refractivity contribution >= 4 is 16.7 Å². The van der Waals surface area contributed by atoms with Gasteiger partial charge in [0.15, 0.2) is 0 Å². The van der Waals surface area contributed by atoms with Crippen molar-refractivity contribution in [2.45, 2.75) is 12.8 Å². The molecule has 0 spiro atoms. The Labute approximate surface area is 60.9 Å². The van der Waals surface area contributed by atoms with E-state index in [1.165, 1.54) is 4.31 Å². The molecular weight excluding hydrogens is 154 g/mol. The number of carbonyl (C=O) groups is 1. The summed E-state index contributed by atoms with van der Waals surface area (Å²) in [4.78, 5) is 10.6. The molecule has 0 saturated carbocycles. The quantitative estimate of drug-likeness (QED) is 0.514. The summed E-state index contributed by atoms with van der Waals surface area (Å²) in [6.07, 6.45) is 0.757. The number of thiol groups is 1. The molecular formula is C5H9NO3S. The summed E-state index contributed by atoms with van der Waals surface area (Å²) in [7, 11) is -2.46. The molecule has 0 N–H and O–H groups in total. The molecule has 1 saturated heterocycles. The zero-order valence-corrected chi connectivity index (χ0v) is 6.34. The van der Waals surface area contributed by atoms with Crippen LogP contribution in [0.5, 0.6) is 0 Å². The van der Waals surface area contributed by atoms with E-state index in [-0.39, 0.29) is 5.78 Å². The number of hydrogen-bond acceptors (Lipinski definition) is 3. The first kappa shape index (κ1) is 7.68. The van der Waals surface area contributed by atoms with Crippen LogP contribution in [0.25, 0.3) is 0 Å². The van der Waals surface area contributed by atoms with Gasteiger partial charge in [0.05, 0.1) is 0 Å². The van der Waals surface area contributed by atoms with Gasteiger partial charge < -0.3 is 0 Å². The smallest absolute Gasteiger partial charge is 0.203 e. The molecule has 0 radical (unpaired) electrons. The largest absolute Gasteiger partial charge is 0.300 e. The summed E-state index contributed by atoms with van der Waals surface area (Å²) in [5.41, 5.74) is 0. The van der Waals surface area contributed by atoms with Gasteiger partial charge in [-0.2, -0.15) is 0 Å². The Hall–Kier alpha value is -0.420. The van der Waals surface area contributed by atoms with Gasteiger partial charge in [0, 0.05) is 25.9 Å². The van der Waals surface area contributed by atoms with E-state index < -0.39 is 10.9 Å². The first-order valence-corrected chi connectivity index (χ1v) is 4.24. The maximum absolute atomic E-state index is 10.6. The predicted molar refractivity (Wildman–Crippen MR) is 36.1 cm³/mol. The second-order valence-corrected chi connectivity index (χ2v) is 3.27. The zero-order valence-electron chi connectivity index (χ0n) is 5.45. The van der Waals surface area contributed by atoms with E-state index in [4.69, 9.17) is 0 Å². The Morgan fingerprint density at radius 1 is 1.20 bits per heavy atom. The number of nitrogens with zero attached hydrogens (tertiary/aromatic N) is 1. The number of ketones is 1. The summed E-state index contributed by atoms with van der Waals surface area (Å²) in [5, 5.41) is 0. The highest BCUT2D eigenvalue weighted by Gasteiger charge is 2.16. The second kappa shape index (κ2) is 3.12. The monoisotopic (exact) mass is 163 g/mol. The molecule has 1 aliphatic rings. The second-order valence-electron chi connectivity index (χ2n) is 2.23. The van der Waals surface area contributed by atoms with Gasteiger partial charge in [0.2, 0.25) is 10.9 Å². The van der Waals surface area contributed by atoms with Gasteiger partial charge in [0.25, 0.3) is 0 Å². The molecule has 1 fully saturated rings. The van der Waals surface area contributed by atoms with Crippen molar-refractivity contribution in [3.8, 4) is 0 Å². The molecule has 1 heterocycles. The van der Waals surface area contributed by atoms with Crippen LogP contribution in [0.1, 0.15) is 12.8 Å². The van der Waals surface area contributed by atoms with Crippen LogP contribution in [0.3, 0.4) is 0 Å². The zero-order chi connectivity index (χ0) is 7.56. The predicted octanol–water partition coefficient (Wildman–Crippen LogP) is -0.822. The third kappa shape index (κ3) is 1.78. The van der Waals surface area contributed by atoms with Gasteiger partial charge >= 0.3 is 0 Å². The SMILES string of the molecule is O=C1CCN([SH](=O)=O)CC1. The first-order valence-electron chi connectivity index (χ1n) is 3.11. The lowest BCUT2D eigenvalue weighted by atomic mass is 10.1. The molecule has 0 amide bonds. The number of Topliss-reactive ketones (excluding diaryl/α,β-unsaturated/α-hetero) is 1. The minimum atomic E-state index is -2.46. The van der Waals surface area contributed by atoms with E-state index in [0.29, 0.717) is 25.9 Å². The Morgan fingerprint density at radius 2 is 1.70 bits per heavy atom. The number of rotatable bonds is 1. The summed E-state index contributed by atoms with van der Waals surface area (Å²) in [6.45, 7) is 0.745. The summed E-state index contributed by atoms with van der Waals surface area (Å²) in [6, 6.07) is 0. The Morgan fingerprint density at radius 3 is 2.10 bits per heavy atom. The normalized spacial score (nSPS) is 21.9. The fourth-order valence-corrected chi connectivity index (χ4v) is 1.43. The van der Waals surface area contributed by atoms with Crippen LogP contribution in [-0.2, 0) is 15.7 Å². The molecule has 1 aliphatic heterocycles. The lowest BCUT2D eigenvalue weighted by Crippen LogP contribution is -2.32. The van der Waals surface area contributed by atoms with Crippen molar-refractivity contribution in [1.29, 1.82) is 0 Å². The minimum Gasteiger partial charge on any atom is -0.300 e. The van der Waals surface area contributed by atoms with Crippen LogP contribution < -0.4 is 0 Å². The van der Waals surface area contributed by atoms with Crippen LogP contribution >= 0.6 is 0 Å². The van der Waals surface area contributed by atoms with E-state index in [1.54, 1.807) is 0 Å². The lowest BCUT2D eigenvalue weighted by Gasteiger charge is -2.18. The molecule has 10 heavy (non-hydrogen) atoms. The van der Waals surface area contributed by atoms with Crippen molar-refractivity contribution in [2.75, 3.05) is 13.1 Å². The van der Waals surface area contributed by atoms with Crippen LogP contribution in [0.2, 0.25) is 0 Å². The van der Waals surface area contributed by atoms with Gasteiger partial charge in [-0.25, -0.2) is 12.7 Å². The van der Waals surface area contributed by atoms with E-state index in [9.17, 15) is 13.2 Å². The maximum atomic E-state index is 10.6. The van der Waals surface area contributed by atoms with E-state index in [0.717, 1.165) is 0 Å². The fraction of sp³-hybridized carbons (Fsp3) is 0.800. The summed E-state index contributed by atoms with van der Waals surface area (Å²) in [5.74, 6) is 0.160. The van der Waals surface area contributed by atoms with Gasteiger partial charge in [-0.15, -0.1) is 0 Å². The molecule has 4 nitrogen and oxygen atoms in total. The standard InChI is InChI=1S/C5H9NO3S/c7-5-1-3-6(4-2-5)10(8)9/h10H,1-4H2. The van der Waals surface area contributed by atoms with Crippen LogP contribution in [-0.4, -0.2) is 31.6 Å². The van der Waals surface area contributed by atoms with Crippen molar-refractivity contribution in [3.05, 3.63) is 0 Å².